The van der Waals surface area contributed by atoms with Crippen molar-refractivity contribution in [2.24, 2.45) is 5.73 Å². The van der Waals surface area contributed by atoms with Crippen LogP contribution in [0.2, 0.25) is 0 Å². The fourth-order valence-corrected chi connectivity index (χ4v) is 4.36. The molecule has 5 N–H and O–H groups in total. The summed E-state index contributed by atoms with van der Waals surface area (Å²) in [7, 11) is 0. The smallest absolute Gasteiger partial charge is 0.407 e. The fourth-order valence-electron chi connectivity index (χ4n) is 4.36. The van der Waals surface area contributed by atoms with Crippen LogP contribution in [0.15, 0.2) is 109 Å². The van der Waals surface area contributed by atoms with Gasteiger partial charge in [-0.15, -0.1) is 0 Å². The Morgan fingerprint density at radius 2 is 1.22 bits per heavy atom. The first-order chi connectivity index (χ1) is 21.9. The van der Waals surface area contributed by atoms with E-state index in [-0.39, 0.29) is 26.0 Å². The minimum absolute atomic E-state index is 0.0721. The van der Waals surface area contributed by atoms with Crippen LogP contribution >= 0.6 is 0 Å². The Balaban J connectivity index is 1.32. The number of hydrogen-bond donors (Lipinski definition) is 4. The van der Waals surface area contributed by atoms with Crippen molar-refractivity contribution in [1.82, 2.24) is 10.6 Å². The van der Waals surface area contributed by atoms with Crippen LogP contribution in [0.3, 0.4) is 0 Å². The van der Waals surface area contributed by atoms with E-state index >= 15 is 0 Å². The minimum Gasteiger partial charge on any atom is -0.485 e. The van der Waals surface area contributed by atoms with Crippen molar-refractivity contribution in [3.8, 4) is 11.5 Å². The van der Waals surface area contributed by atoms with Gasteiger partial charge in [-0.25, -0.2) is 4.79 Å². The molecule has 10 nitrogen and oxygen atoms in total. The maximum atomic E-state index is 12.6. The van der Waals surface area contributed by atoms with Crippen molar-refractivity contribution < 1.29 is 33.7 Å². The minimum atomic E-state index is -1.21. The predicted molar refractivity (Wildman–Crippen MR) is 168 cm³/mol. The van der Waals surface area contributed by atoms with Gasteiger partial charge < -0.3 is 35.7 Å². The number of carbonyl (C=O) groups excluding carboxylic acids is 3. The summed E-state index contributed by atoms with van der Waals surface area (Å²) in [5.41, 5.74) is 9.07. The van der Waals surface area contributed by atoms with Gasteiger partial charge in [0.2, 0.25) is 11.8 Å². The number of benzene rings is 4. The summed E-state index contributed by atoms with van der Waals surface area (Å²) in [4.78, 5) is 36.9. The molecule has 234 valence electrons. The van der Waals surface area contributed by atoms with Crippen LogP contribution in [0.1, 0.15) is 28.7 Å². The van der Waals surface area contributed by atoms with E-state index in [9.17, 15) is 19.5 Å². The van der Waals surface area contributed by atoms with Gasteiger partial charge in [-0.2, -0.15) is 0 Å². The average molecular weight is 612 g/mol. The number of carbonyl (C=O) groups is 3. The highest BCUT2D eigenvalue weighted by Gasteiger charge is 2.22. The molecule has 4 aromatic rings. The third-order valence-corrected chi connectivity index (χ3v) is 6.72. The topological polar surface area (TPSA) is 149 Å². The van der Waals surface area contributed by atoms with E-state index in [0.29, 0.717) is 30.3 Å². The molecule has 0 aliphatic carbocycles. The third-order valence-electron chi connectivity index (χ3n) is 6.72. The highest BCUT2D eigenvalue weighted by atomic mass is 16.5. The standard InChI is InChI=1S/C35H37N3O7/c36-34(41)30(38-33(40)20-29(39)21-37-35(42)45-24-27-14-8-3-9-15-27)18-28-16-17-31(43-22-25-10-4-1-5-11-25)32(19-28)44-23-26-12-6-2-7-13-26/h1-17,19,29-30,39H,18,20-24H2,(H2,36,41)(H,37,42)(H,38,40)/t29-,30+/m0/s1. The molecule has 0 heterocycles. The number of aliphatic hydroxyl groups is 1. The van der Waals surface area contributed by atoms with Crippen LogP contribution < -0.4 is 25.8 Å². The molecule has 0 aromatic heterocycles. The molecule has 0 saturated heterocycles. The van der Waals surface area contributed by atoms with Crippen LogP contribution in [0.5, 0.6) is 11.5 Å². The Morgan fingerprint density at radius 1 is 0.689 bits per heavy atom. The van der Waals surface area contributed by atoms with Gasteiger partial charge in [0.15, 0.2) is 11.5 Å². The monoisotopic (exact) mass is 611 g/mol. The van der Waals surface area contributed by atoms with Crippen molar-refractivity contribution in [3.63, 3.8) is 0 Å². The largest absolute Gasteiger partial charge is 0.485 e. The predicted octanol–water partition coefficient (Wildman–Crippen LogP) is 4.03. The molecule has 0 saturated carbocycles. The zero-order chi connectivity index (χ0) is 31.9. The number of nitrogens with two attached hydrogens (primary N) is 1. The Bertz CT molecular complexity index is 1520. The van der Waals surface area contributed by atoms with Gasteiger partial charge in [-0.05, 0) is 34.4 Å². The SMILES string of the molecule is NC(=O)[C@@H](Cc1ccc(OCc2ccccc2)c(OCc2ccccc2)c1)NC(=O)C[C@H](O)CNC(=O)OCc1ccccc1. The summed E-state index contributed by atoms with van der Waals surface area (Å²) in [5.74, 6) is -0.343. The quantitative estimate of drug-likeness (QED) is 0.149. The highest BCUT2D eigenvalue weighted by Crippen LogP contribution is 2.30. The lowest BCUT2D eigenvalue weighted by Gasteiger charge is -2.19. The average Bonchev–Trinajstić information content (AvgIpc) is 3.06. The van der Waals surface area contributed by atoms with E-state index in [1.807, 2.05) is 91.0 Å². The molecule has 10 heteroatoms. The van der Waals surface area contributed by atoms with Gasteiger partial charge in [0.05, 0.1) is 12.5 Å². The molecule has 0 fully saturated rings. The summed E-state index contributed by atoms with van der Waals surface area (Å²) in [6, 6.07) is 32.8. The first-order valence-corrected chi connectivity index (χ1v) is 14.5. The lowest BCUT2D eigenvalue weighted by atomic mass is 10.0. The number of rotatable bonds is 16. The molecular weight excluding hydrogens is 574 g/mol. The summed E-state index contributed by atoms with van der Waals surface area (Å²) < 4.78 is 17.3. The Hall–Kier alpha value is -5.35. The van der Waals surface area contributed by atoms with Gasteiger partial charge in [0.25, 0.3) is 0 Å². The van der Waals surface area contributed by atoms with E-state index in [4.69, 9.17) is 19.9 Å². The van der Waals surface area contributed by atoms with Crippen molar-refractivity contribution in [2.75, 3.05) is 6.54 Å². The summed E-state index contributed by atoms with van der Waals surface area (Å²) in [6.45, 7) is 0.495. The van der Waals surface area contributed by atoms with Crippen LogP contribution in [0, 0.1) is 0 Å². The zero-order valence-electron chi connectivity index (χ0n) is 24.8. The molecule has 0 aliphatic heterocycles. The van der Waals surface area contributed by atoms with Crippen molar-refractivity contribution in [2.45, 2.75) is 44.8 Å². The zero-order valence-corrected chi connectivity index (χ0v) is 24.8. The number of amides is 3. The molecule has 0 spiro atoms. The summed E-state index contributed by atoms with van der Waals surface area (Å²) >= 11 is 0. The second kappa shape index (κ2) is 17.1. The van der Waals surface area contributed by atoms with Crippen LogP contribution in [-0.4, -0.2) is 41.7 Å². The maximum Gasteiger partial charge on any atom is 0.407 e. The molecule has 0 bridgehead atoms. The van der Waals surface area contributed by atoms with Gasteiger partial charge >= 0.3 is 6.09 Å². The van der Waals surface area contributed by atoms with Crippen LogP contribution in [0.25, 0.3) is 0 Å². The molecule has 4 aromatic carbocycles. The Labute approximate surface area is 262 Å². The molecular formula is C35H37N3O7. The van der Waals surface area contributed by atoms with E-state index in [1.54, 1.807) is 18.2 Å². The fraction of sp³-hybridized carbons (Fsp3) is 0.229. The maximum absolute atomic E-state index is 12.6. The van der Waals surface area contributed by atoms with Gasteiger partial charge in [-0.3, -0.25) is 9.59 Å². The van der Waals surface area contributed by atoms with Gasteiger partial charge in [0, 0.05) is 13.0 Å². The molecule has 45 heavy (non-hydrogen) atoms. The van der Waals surface area contributed by atoms with E-state index in [1.165, 1.54) is 0 Å². The molecule has 0 radical (unpaired) electrons. The van der Waals surface area contributed by atoms with Crippen LogP contribution in [-0.2, 0) is 40.6 Å². The normalized spacial score (nSPS) is 11.9. The molecule has 2 atom stereocenters. The summed E-state index contributed by atoms with van der Waals surface area (Å²) in [5, 5.41) is 15.3. The van der Waals surface area contributed by atoms with E-state index in [2.05, 4.69) is 10.6 Å². The number of alkyl carbamates (subject to hydrolysis) is 1. The number of aliphatic hydroxyl groups excluding tert-OH is 1. The number of ether oxygens (including phenoxy) is 3. The number of hydrogen-bond acceptors (Lipinski definition) is 7. The summed E-state index contributed by atoms with van der Waals surface area (Å²) in [6.07, 6.45) is -2.21. The molecule has 0 aliphatic rings. The van der Waals surface area contributed by atoms with Crippen LogP contribution in [0.4, 0.5) is 4.79 Å². The number of nitrogens with one attached hydrogen (secondary N) is 2. The second-order valence-corrected chi connectivity index (χ2v) is 10.4. The first-order valence-electron chi connectivity index (χ1n) is 14.5. The van der Waals surface area contributed by atoms with E-state index in [0.717, 1.165) is 16.7 Å². The van der Waals surface area contributed by atoms with Crippen molar-refractivity contribution in [1.29, 1.82) is 0 Å². The Kier molecular flexibility index (Phi) is 12.4. The Morgan fingerprint density at radius 3 is 1.78 bits per heavy atom. The number of primary amides is 1. The molecule has 4 rings (SSSR count). The van der Waals surface area contributed by atoms with Crippen molar-refractivity contribution >= 4 is 17.9 Å². The van der Waals surface area contributed by atoms with E-state index < -0.39 is 30.1 Å². The van der Waals surface area contributed by atoms with Gasteiger partial charge in [-0.1, -0.05) is 97.1 Å². The third kappa shape index (κ3) is 11.3. The first kappa shape index (κ1) is 32.6. The highest BCUT2D eigenvalue weighted by molar-refractivity contribution is 5.87. The molecule has 3 amide bonds. The second-order valence-electron chi connectivity index (χ2n) is 10.4. The molecule has 0 unspecified atom stereocenters. The van der Waals surface area contributed by atoms with Gasteiger partial charge in [0.1, 0.15) is 25.9 Å². The lowest BCUT2D eigenvalue weighted by Crippen LogP contribution is -2.47. The lowest BCUT2D eigenvalue weighted by molar-refractivity contribution is -0.128. The van der Waals surface area contributed by atoms with Crippen molar-refractivity contribution in [3.05, 3.63) is 131 Å².